The molecular weight excluding hydrogens is 399 g/mol. The van der Waals surface area contributed by atoms with Crippen molar-refractivity contribution < 1.29 is 14.1 Å². The van der Waals surface area contributed by atoms with E-state index in [0.717, 1.165) is 25.7 Å². The highest BCUT2D eigenvalue weighted by Gasteiger charge is 2.42. The van der Waals surface area contributed by atoms with Gasteiger partial charge >= 0.3 is 5.97 Å². The Bertz CT molecular complexity index is 890. The monoisotopic (exact) mass is 420 g/mol. The highest BCUT2D eigenvalue weighted by Crippen LogP contribution is 2.46. The van der Waals surface area contributed by atoms with Crippen molar-refractivity contribution in [2.75, 3.05) is 7.05 Å². The fraction of sp³-hybridized carbons (Fsp3) is 0.524. The van der Waals surface area contributed by atoms with E-state index >= 15 is 0 Å². The quantitative estimate of drug-likeness (QED) is 0.627. The van der Waals surface area contributed by atoms with Crippen LogP contribution in [0.25, 0.3) is 11.3 Å². The summed E-state index contributed by atoms with van der Waals surface area (Å²) in [4.78, 5) is 15.7. The van der Waals surface area contributed by atoms with E-state index in [-0.39, 0.29) is 18.0 Å². The number of piperidine rings is 1. The number of rotatable bonds is 4. The molecule has 5 nitrogen and oxygen atoms in total. The van der Waals surface area contributed by atoms with Crippen LogP contribution in [-0.2, 0) is 4.74 Å². The van der Waals surface area contributed by atoms with Crippen molar-refractivity contribution >= 4 is 29.2 Å². The number of carbonyl (C=O) groups is 1. The number of esters is 1. The summed E-state index contributed by atoms with van der Waals surface area (Å²) in [5.74, 6) is 0.453. The molecule has 0 amide bonds. The third-order valence-corrected chi connectivity index (χ3v) is 7.03. The molecule has 1 aromatic carbocycles. The van der Waals surface area contributed by atoms with Crippen LogP contribution in [0.5, 0.6) is 0 Å². The van der Waals surface area contributed by atoms with Crippen LogP contribution in [0.15, 0.2) is 22.7 Å². The Morgan fingerprint density at radius 3 is 2.39 bits per heavy atom. The van der Waals surface area contributed by atoms with E-state index in [4.69, 9.17) is 32.5 Å². The minimum atomic E-state index is -0.372. The number of benzene rings is 1. The summed E-state index contributed by atoms with van der Waals surface area (Å²) in [7, 11) is 2.17. The first-order valence-corrected chi connectivity index (χ1v) is 10.7. The minimum Gasteiger partial charge on any atom is -0.459 e. The van der Waals surface area contributed by atoms with E-state index in [1.165, 1.54) is 12.8 Å². The summed E-state index contributed by atoms with van der Waals surface area (Å²) < 4.78 is 11.6. The van der Waals surface area contributed by atoms with Gasteiger partial charge in [-0.05, 0) is 44.9 Å². The Kier molecular flexibility index (Phi) is 4.65. The second-order valence-corrected chi connectivity index (χ2v) is 9.00. The smallest absolute Gasteiger partial charge is 0.344 e. The van der Waals surface area contributed by atoms with Crippen LogP contribution >= 0.6 is 23.2 Å². The lowest BCUT2D eigenvalue weighted by Crippen LogP contribution is -2.43. The van der Waals surface area contributed by atoms with Crippen molar-refractivity contribution in [2.24, 2.45) is 0 Å². The van der Waals surface area contributed by atoms with Crippen LogP contribution in [0.2, 0.25) is 10.0 Å². The largest absolute Gasteiger partial charge is 0.459 e. The van der Waals surface area contributed by atoms with E-state index in [2.05, 4.69) is 17.1 Å². The standard InChI is InChI=1S/C21H22Cl2N2O3/c1-25-12-7-8-13(25)10-14(9-12)27-21(26)18-19(24-28-20(18)11-5-6-11)17-15(22)3-2-4-16(17)23/h2-4,11-14H,5-10H2,1H3/t12-,13+,14?. The molecule has 0 N–H and O–H groups in total. The Balaban J connectivity index is 1.47. The highest BCUT2D eigenvalue weighted by molar-refractivity contribution is 6.39. The Morgan fingerprint density at radius 2 is 1.79 bits per heavy atom. The summed E-state index contributed by atoms with van der Waals surface area (Å²) in [6.07, 6.45) is 6.02. The number of ether oxygens (including phenoxy) is 1. The topological polar surface area (TPSA) is 55.6 Å². The fourth-order valence-electron chi connectivity index (χ4n) is 4.69. The maximum absolute atomic E-state index is 13.2. The molecule has 2 saturated heterocycles. The molecule has 2 bridgehead atoms. The normalized spacial score (nSPS) is 27.2. The van der Waals surface area contributed by atoms with Crippen molar-refractivity contribution in [3.05, 3.63) is 39.6 Å². The van der Waals surface area contributed by atoms with Gasteiger partial charge in [-0.3, -0.25) is 0 Å². The molecule has 2 aliphatic heterocycles. The first-order chi connectivity index (χ1) is 13.5. The molecule has 28 heavy (non-hydrogen) atoms. The Labute approximate surface area is 173 Å². The van der Waals surface area contributed by atoms with Gasteiger partial charge in [0.05, 0.1) is 10.0 Å². The summed E-state index contributed by atoms with van der Waals surface area (Å²) in [6, 6.07) is 6.23. The van der Waals surface area contributed by atoms with Gasteiger partial charge in [-0.25, -0.2) is 4.79 Å². The van der Waals surface area contributed by atoms with E-state index in [9.17, 15) is 4.79 Å². The molecule has 3 aliphatic rings. The molecule has 5 rings (SSSR count). The molecular formula is C21H22Cl2N2O3. The molecule has 2 aromatic rings. The number of carbonyl (C=O) groups excluding carboxylic acids is 1. The van der Waals surface area contributed by atoms with Crippen LogP contribution in [0.3, 0.4) is 0 Å². The maximum Gasteiger partial charge on any atom is 0.344 e. The Hall–Kier alpha value is -1.56. The lowest BCUT2D eigenvalue weighted by molar-refractivity contribution is -0.000571. The van der Waals surface area contributed by atoms with Crippen molar-refractivity contribution in [1.29, 1.82) is 0 Å². The van der Waals surface area contributed by atoms with Gasteiger partial charge < -0.3 is 14.2 Å². The zero-order chi connectivity index (χ0) is 19.4. The summed E-state index contributed by atoms with van der Waals surface area (Å²) in [6.45, 7) is 0. The lowest BCUT2D eigenvalue weighted by atomic mass is 10.00. The zero-order valence-electron chi connectivity index (χ0n) is 15.7. The second-order valence-electron chi connectivity index (χ2n) is 8.19. The third-order valence-electron chi connectivity index (χ3n) is 6.40. The molecule has 7 heteroatoms. The van der Waals surface area contributed by atoms with Gasteiger partial charge in [0.25, 0.3) is 0 Å². The molecule has 1 saturated carbocycles. The molecule has 1 aliphatic carbocycles. The number of nitrogens with zero attached hydrogens (tertiary/aromatic N) is 2. The highest BCUT2D eigenvalue weighted by atomic mass is 35.5. The summed E-state index contributed by atoms with van der Waals surface area (Å²) in [5.41, 5.74) is 1.30. The predicted molar refractivity (Wildman–Crippen MR) is 107 cm³/mol. The SMILES string of the molecule is CN1[C@@H]2CC[C@H]1CC(OC(=O)c1c(-c3c(Cl)cccc3Cl)noc1C1CC1)C2. The molecule has 1 aromatic heterocycles. The average molecular weight is 421 g/mol. The summed E-state index contributed by atoms with van der Waals surface area (Å²) in [5, 5.41) is 5.06. The van der Waals surface area contributed by atoms with E-state index in [0.29, 0.717) is 44.7 Å². The molecule has 3 atom stereocenters. The summed E-state index contributed by atoms with van der Waals surface area (Å²) >= 11 is 12.8. The number of hydrogen-bond donors (Lipinski definition) is 0. The maximum atomic E-state index is 13.2. The Morgan fingerprint density at radius 1 is 1.14 bits per heavy atom. The molecule has 3 heterocycles. The van der Waals surface area contributed by atoms with Crippen molar-refractivity contribution in [3.8, 4) is 11.3 Å². The molecule has 148 valence electrons. The molecule has 0 radical (unpaired) electrons. The van der Waals surface area contributed by atoms with E-state index in [1.54, 1.807) is 18.2 Å². The first-order valence-electron chi connectivity index (χ1n) is 9.89. The van der Waals surface area contributed by atoms with Gasteiger partial charge in [-0.1, -0.05) is 34.4 Å². The fourth-order valence-corrected chi connectivity index (χ4v) is 5.26. The van der Waals surface area contributed by atoms with E-state index in [1.807, 2.05) is 0 Å². The second kappa shape index (κ2) is 7.05. The average Bonchev–Trinajstić information content (AvgIpc) is 3.38. The van der Waals surface area contributed by atoms with E-state index < -0.39 is 0 Å². The number of hydrogen-bond acceptors (Lipinski definition) is 5. The van der Waals surface area contributed by atoms with Gasteiger partial charge in [-0.15, -0.1) is 0 Å². The van der Waals surface area contributed by atoms with Gasteiger partial charge in [-0.2, -0.15) is 0 Å². The van der Waals surface area contributed by atoms with Gasteiger partial charge in [0.15, 0.2) is 5.76 Å². The zero-order valence-corrected chi connectivity index (χ0v) is 17.2. The molecule has 3 fully saturated rings. The van der Waals surface area contributed by atoms with Crippen LogP contribution in [0.4, 0.5) is 0 Å². The number of aromatic nitrogens is 1. The first kappa shape index (κ1) is 18.5. The molecule has 1 unspecified atom stereocenters. The van der Waals surface area contributed by atoms with Crippen molar-refractivity contribution in [1.82, 2.24) is 10.1 Å². The van der Waals surface area contributed by atoms with Crippen LogP contribution < -0.4 is 0 Å². The van der Waals surface area contributed by atoms with Crippen LogP contribution in [0, 0.1) is 0 Å². The van der Waals surface area contributed by atoms with Crippen LogP contribution in [0.1, 0.15) is 60.6 Å². The third kappa shape index (κ3) is 3.14. The van der Waals surface area contributed by atoms with Gasteiger partial charge in [0.1, 0.15) is 17.4 Å². The minimum absolute atomic E-state index is 0.0716. The van der Waals surface area contributed by atoms with Crippen LogP contribution in [-0.4, -0.2) is 41.3 Å². The lowest BCUT2D eigenvalue weighted by Gasteiger charge is -2.35. The molecule has 0 spiro atoms. The number of halogens is 2. The van der Waals surface area contributed by atoms with Gasteiger partial charge in [0, 0.05) is 36.4 Å². The van der Waals surface area contributed by atoms with Crippen molar-refractivity contribution in [2.45, 2.75) is 62.6 Å². The van der Waals surface area contributed by atoms with Gasteiger partial charge in [0.2, 0.25) is 0 Å². The predicted octanol–water partition coefficient (Wildman–Crippen LogP) is 5.31. The van der Waals surface area contributed by atoms with Crippen molar-refractivity contribution in [3.63, 3.8) is 0 Å². The number of fused-ring (bicyclic) bond motifs is 2.